The van der Waals surface area contributed by atoms with E-state index in [1.165, 1.54) is 96.4 Å². The van der Waals surface area contributed by atoms with Crippen LogP contribution in [0.25, 0.3) is 66.7 Å². The molecule has 0 spiro atoms. The molecule has 0 bridgehead atoms. The number of hydrogen-bond donors (Lipinski definition) is 4. The molecule has 6 heterocycles. The molecule has 11 rings (SSSR count). The van der Waals surface area contributed by atoms with Crippen LogP contribution in [0.5, 0.6) is 5.88 Å². The van der Waals surface area contributed by atoms with Gasteiger partial charge in [0.2, 0.25) is 5.88 Å². The van der Waals surface area contributed by atoms with Crippen molar-refractivity contribution in [2.45, 2.75) is 81.6 Å². The van der Waals surface area contributed by atoms with Crippen LogP contribution in [-0.4, -0.2) is 89.7 Å². The number of thiophene rings is 1. The van der Waals surface area contributed by atoms with Crippen molar-refractivity contribution in [3.8, 4) is 72.6 Å². The van der Waals surface area contributed by atoms with Gasteiger partial charge < -0.3 is 50.0 Å². The molecular weight excluding hydrogens is 2250 g/mol. The first-order chi connectivity index (χ1) is 48.6. The average Bonchev–Trinajstić information content (AvgIpc) is 1.40. The largest absolute Gasteiger partial charge is 0.512 e. The Balaban J connectivity index is -0.00000116. The first-order valence-corrected chi connectivity index (χ1v) is 32.9. The molecule has 15 nitrogen and oxygen atoms in total. The van der Waals surface area contributed by atoms with Crippen molar-refractivity contribution in [1.29, 1.82) is 0 Å². The van der Waals surface area contributed by atoms with Gasteiger partial charge in [-0.3, -0.25) is 24.2 Å². The number of anilines is 1. The van der Waals surface area contributed by atoms with Crippen LogP contribution in [0.3, 0.4) is 0 Å². The van der Waals surface area contributed by atoms with Crippen molar-refractivity contribution in [3.63, 3.8) is 0 Å². The van der Waals surface area contributed by atoms with E-state index in [0.717, 1.165) is 61.3 Å². The number of aliphatic hydroxyl groups excluding tert-OH is 4. The number of methoxy groups -OCH3 is 1. The first kappa shape index (κ1) is 102. The fourth-order valence-electron chi connectivity index (χ4n) is 8.17. The van der Waals surface area contributed by atoms with E-state index in [9.17, 15) is 19.2 Å². The Morgan fingerprint density at radius 1 is 0.411 bits per heavy atom. The van der Waals surface area contributed by atoms with Crippen molar-refractivity contribution >= 4 is 40.2 Å². The van der Waals surface area contributed by atoms with Crippen LogP contribution < -0.4 is 9.64 Å². The zero-order valence-electron chi connectivity index (χ0n) is 61.9. The van der Waals surface area contributed by atoms with Crippen molar-refractivity contribution < 1.29 is 145 Å². The van der Waals surface area contributed by atoms with E-state index in [1.807, 2.05) is 183 Å². The molecule has 0 saturated carbocycles. The topological polar surface area (TPSA) is 226 Å². The van der Waals surface area contributed by atoms with Gasteiger partial charge in [-0.05, 0) is 120 Å². The fraction of sp³-hybridized carbons (Fsp3) is 0.174. The standard InChI is InChI=1S/C17H12N.C15H16N.C13H13N2.C12H10NO.C9H6NS.4C5H8O2.5Ir/c1-2-6-14(7-3-1)15-9-11-16(12-10-15)17-8-4-5-13-18-17;1-15(2,3)13-9-7-12(8-10-13)14-6-4-5-11-16-14;1-15(2)12-8-9-14-13(10-12)11-6-4-3-5-7-11;1-14-12-9-5-8-11(13-12)10-6-3-2-4-7-10;1-2-6-10-8(4-1)9-5-3-7-11-9;4*1-4(6)3-5(2)7;;;;;/h1-11,13H;4-7,9-11H,1-3H3;3-6,8-10H,1-2H3;2-6,8-9H,1H3;1-4,6-7H;4*3,6H,1-2H3;;;;;/q5*-1;;;;;;;;;. The molecule has 0 aliphatic carbocycles. The number of rotatable bonds is 12. The van der Waals surface area contributed by atoms with Crippen molar-refractivity contribution in [2.75, 3.05) is 26.1 Å². The number of carbonyl (C=O) groups excluding carboxylic acids is 4. The van der Waals surface area contributed by atoms with Gasteiger partial charge in [-0.1, -0.05) is 122 Å². The Hall–Kier alpha value is -8.76. The average molecular weight is 2340 g/mol. The summed E-state index contributed by atoms with van der Waals surface area (Å²) in [5, 5.41) is 35.5. The quantitative estimate of drug-likeness (QED) is 0.0507. The normalized spacial score (nSPS) is 10.1. The molecule has 21 heteroatoms. The maximum Gasteiger partial charge on any atom is 0.203 e. The van der Waals surface area contributed by atoms with E-state index in [4.69, 9.17) is 25.2 Å². The second-order valence-electron chi connectivity index (χ2n) is 23.1. The summed E-state index contributed by atoms with van der Waals surface area (Å²) in [6, 6.07) is 83.7. The second-order valence-corrected chi connectivity index (χ2v) is 24.1. The zero-order chi connectivity index (χ0) is 75.2. The van der Waals surface area contributed by atoms with E-state index >= 15 is 0 Å². The third-order valence-corrected chi connectivity index (χ3v) is 13.5. The van der Waals surface area contributed by atoms with E-state index in [-0.39, 0.29) is 152 Å². The van der Waals surface area contributed by atoms with E-state index < -0.39 is 0 Å². The summed E-state index contributed by atoms with van der Waals surface area (Å²) >= 11 is 1.66. The molecule has 5 radical (unpaired) electrons. The van der Waals surface area contributed by atoms with Crippen molar-refractivity contribution in [1.82, 2.24) is 24.9 Å². The summed E-state index contributed by atoms with van der Waals surface area (Å²) in [7, 11) is 5.66. The molecule has 0 aliphatic rings. The van der Waals surface area contributed by atoms with Gasteiger partial charge in [-0.15, -0.1) is 142 Å². The summed E-state index contributed by atoms with van der Waals surface area (Å²) < 4.78 is 5.05. The Bertz CT molecular complexity index is 4160. The second kappa shape index (κ2) is 58.3. The number of ether oxygens (including phenoxy) is 1. The molecular formula is C86H89Ir5N6O9S-5. The summed E-state index contributed by atoms with van der Waals surface area (Å²) in [5.41, 5.74) is 13.9. The van der Waals surface area contributed by atoms with Gasteiger partial charge in [0.05, 0.1) is 30.1 Å². The third-order valence-electron chi connectivity index (χ3n) is 12.7. The minimum atomic E-state index is -0.125. The Morgan fingerprint density at radius 3 is 1.17 bits per heavy atom. The molecule has 0 aliphatic heterocycles. The molecule has 6 aromatic heterocycles. The Labute approximate surface area is 703 Å². The SMILES string of the molecule is CC(=O)C=C(C)O.CC(=O)C=C(C)O.CC(=O)C=C(C)O.CC(=O)C=C(C)O.CC(C)(C)c1c[c-]c(-c2ccccn2)cc1.CN(C)c1ccnc(-c2[c-]cccc2)c1.COc1cccc(-c2[c-]cccc2)n1.[Ir].[Ir].[Ir].[Ir].[Ir].[c-]1cc(-c2ccccc2)ccc1-c1ccccn1.[c-]1ccsc1-c1ccccn1. The number of carbonyl (C=O) groups is 4. The Morgan fingerprint density at radius 2 is 0.822 bits per heavy atom. The van der Waals surface area contributed by atoms with Crippen LogP contribution in [0.2, 0.25) is 0 Å². The number of aliphatic hydroxyl groups is 4. The van der Waals surface area contributed by atoms with Gasteiger partial charge in [-0.2, -0.15) is 12.1 Å². The number of aromatic nitrogens is 5. The third kappa shape index (κ3) is 46.2. The maximum absolute atomic E-state index is 10.0. The van der Waals surface area contributed by atoms with E-state index in [0.29, 0.717) is 5.88 Å². The van der Waals surface area contributed by atoms with Gasteiger partial charge in [0, 0.05) is 169 Å². The predicted molar refractivity (Wildman–Crippen MR) is 414 cm³/mol. The van der Waals surface area contributed by atoms with Gasteiger partial charge in [0.15, 0.2) is 23.1 Å². The molecule has 4 N–H and O–H groups in total. The number of benzene rings is 5. The van der Waals surface area contributed by atoms with Gasteiger partial charge in [0.25, 0.3) is 0 Å². The first-order valence-electron chi connectivity index (χ1n) is 32.0. The summed E-state index contributed by atoms with van der Waals surface area (Å²) in [4.78, 5) is 64.7. The van der Waals surface area contributed by atoms with E-state index in [1.54, 1.807) is 37.0 Å². The Kier molecular flexibility index (Phi) is 55.8. The number of pyridine rings is 5. The molecule has 107 heavy (non-hydrogen) atoms. The van der Waals surface area contributed by atoms with Crippen LogP contribution in [0.15, 0.2) is 284 Å². The van der Waals surface area contributed by atoms with Crippen LogP contribution in [-0.2, 0) is 125 Å². The molecule has 0 saturated heterocycles. The molecule has 0 atom stereocenters. The molecule has 5 aromatic carbocycles. The predicted octanol–water partition coefficient (Wildman–Crippen LogP) is 20.0. The van der Waals surface area contributed by atoms with E-state index in [2.05, 4.69) is 129 Å². The summed E-state index contributed by atoms with van der Waals surface area (Å²) in [5.74, 6) is 0.375. The number of hydrogen-bond acceptors (Lipinski definition) is 16. The molecule has 0 fully saturated rings. The molecule has 573 valence electrons. The van der Waals surface area contributed by atoms with Crippen molar-refractivity contribution in [2.24, 2.45) is 0 Å². The number of ketones is 4. The number of nitrogens with zero attached hydrogens (tertiary/aromatic N) is 6. The van der Waals surface area contributed by atoms with Crippen LogP contribution in [0.1, 0.15) is 81.7 Å². The van der Waals surface area contributed by atoms with Crippen molar-refractivity contribution in [3.05, 3.63) is 320 Å². The van der Waals surface area contributed by atoms with Crippen LogP contribution >= 0.6 is 11.3 Å². The fourth-order valence-corrected chi connectivity index (χ4v) is 8.82. The number of allylic oxidation sites excluding steroid dienone is 8. The van der Waals surface area contributed by atoms with Crippen LogP contribution in [0, 0.1) is 30.3 Å². The summed E-state index contributed by atoms with van der Waals surface area (Å²) in [6.07, 6.45) is 11.9. The molecule has 0 unspecified atom stereocenters. The minimum Gasteiger partial charge on any atom is -0.512 e. The van der Waals surface area contributed by atoms with Crippen LogP contribution in [0.4, 0.5) is 5.69 Å². The monoisotopic (exact) mass is 2350 g/mol. The maximum atomic E-state index is 10.0. The van der Waals surface area contributed by atoms with Gasteiger partial charge in [0.1, 0.15) is 0 Å². The minimum absolute atomic E-state index is 0. The summed E-state index contributed by atoms with van der Waals surface area (Å²) in [6.45, 7) is 18.0. The smallest absolute Gasteiger partial charge is 0.203 e. The molecule has 11 aromatic rings. The van der Waals surface area contributed by atoms with Gasteiger partial charge >= 0.3 is 0 Å². The molecule has 0 amide bonds. The zero-order valence-corrected chi connectivity index (χ0v) is 74.7. The van der Waals surface area contributed by atoms with Gasteiger partial charge in [-0.25, -0.2) is 11.3 Å².